The van der Waals surface area contributed by atoms with E-state index < -0.39 is 0 Å². The molecular weight excluding hydrogens is 695 g/mol. The topological polar surface area (TPSA) is 47.3 Å². The van der Waals surface area contributed by atoms with Gasteiger partial charge in [0.2, 0.25) is 5.89 Å². The summed E-state index contributed by atoms with van der Waals surface area (Å²) in [6.45, 7) is 0. The van der Waals surface area contributed by atoms with Gasteiger partial charge >= 0.3 is 0 Å². The van der Waals surface area contributed by atoms with E-state index in [0.29, 0.717) is 5.89 Å². The minimum atomic E-state index is 0.597. The number of hydrogen-bond donors (Lipinski definition) is 0. The Balaban J connectivity index is 1.09. The van der Waals surface area contributed by atoms with Crippen LogP contribution in [0, 0.1) is 0 Å². The van der Waals surface area contributed by atoms with E-state index in [1.165, 1.54) is 36.5 Å². The second kappa shape index (κ2) is 11.7. The first-order valence-corrected chi connectivity index (χ1v) is 19.2. The third-order valence-electron chi connectivity index (χ3n) is 10.8. The third kappa shape index (κ3) is 4.68. The summed E-state index contributed by atoms with van der Waals surface area (Å²) in [5, 5.41) is 7.00. The number of anilines is 3. The predicted molar refractivity (Wildman–Crippen MR) is 229 cm³/mol. The van der Waals surface area contributed by atoms with Crippen LogP contribution in [0.25, 0.3) is 92.2 Å². The lowest BCUT2D eigenvalue weighted by atomic mass is 10.1. The van der Waals surface area contributed by atoms with Crippen molar-refractivity contribution in [3.8, 4) is 17.1 Å². The Bertz CT molecular complexity index is 3450. The van der Waals surface area contributed by atoms with E-state index in [1.807, 2.05) is 47.7 Å². The molecule has 0 bridgehead atoms. The first-order valence-electron chi connectivity index (χ1n) is 18.4. The van der Waals surface area contributed by atoms with E-state index in [9.17, 15) is 0 Å². The summed E-state index contributed by atoms with van der Waals surface area (Å²) in [4.78, 5) is 7.17. The highest BCUT2D eigenvalue weighted by Gasteiger charge is 2.21. The summed E-state index contributed by atoms with van der Waals surface area (Å²) >= 11 is 1.83. The molecule has 0 aliphatic carbocycles. The van der Waals surface area contributed by atoms with Crippen molar-refractivity contribution >= 4 is 103 Å². The van der Waals surface area contributed by atoms with Crippen LogP contribution < -0.4 is 4.90 Å². The molecule has 0 saturated carbocycles. The summed E-state index contributed by atoms with van der Waals surface area (Å²) < 4.78 is 17.7. The highest BCUT2D eigenvalue weighted by molar-refractivity contribution is 7.25. The van der Waals surface area contributed by atoms with Crippen LogP contribution in [0.1, 0.15) is 0 Å². The molecule has 0 amide bonds. The largest absolute Gasteiger partial charge is 0.456 e. The Labute approximate surface area is 318 Å². The molecule has 0 spiro atoms. The summed E-state index contributed by atoms with van der Waals surface area (Å²) in [5.74, 6) is 0.597. The molecule has 0 aliphatic rings. The molecule has 0 unspecified atom stereocenters. The van der Waals surface area contributed by atoms with Gasteiger partial charge in [-0.25, -0.2) is 4.98 Å². The molecule has 0 atom stereocenters. The van der Waals surface area contributed by atoms with Crippen molar-refractivity contribution in [1.82, 2.24) is 9.55 Å². The molecule has 12 rings (SSSR count). The number of benzene rings is 8. The Morgan fingerprint density at radius 2 is 1.09 bits per heavy atom. The lowest BCUT2D eigenvalue weighted by Gasteiger charge is -2.26. The number of hydrogen-bond acceptors (Lipinski definition) is 5. The van der Waals surface area contributed by atoms with Crippen LogP contribution in [-0.2, 0) is 0 Å². The van der Waals surface area contributed by atoms with Crippen LogP contribution in [0.5, 0.6) is 0 Å². The van der Waals surface area contributed by atoms with Crippen molar-refractivity contribution in [2.24, 2.45) is 0 Å². The minimum absolute atomic E-state index is 0.597. The van der Waals surface area contributed by atoms with Crippen LogP contribution in [-0.4, -0.2) is 9.55 Å². The Morgan fingerprint density at radius 1 is 0.436 bits per heavy atom. The van der Waals surface area contributed by atoms with Crippen molar-refractivity contribution in [2.75, 3.05) is 4.90 Å². The van der Waals surface area contributed by atoms with Gasteiger partial charge < -0.3 is 18.3 Å². The predicted octanol–water partition coefficient (Wildman–Crippen LogP) is 14.3. The van der Waals surface area contributed by atoms with Crippen LogP contribution >= 0.6 is 11.3 Å². The van der Waals surface area contributed by atoms with Crippen LogP contribution in [0.3, 0.4) is 0 Å². The number of oxazole rings is 1. The van der Waals surface area contributed by atoms with Gasteiger partial charge in [0.1, 0.15) is 16.7 Å². The normalized spacial score (nSPS) is 12.0. The van der Waals surface area contributed by atoms with Gasteiger partial charge in [0.15, 0.2) is 5.58 Å². The lowest BCUT2D eigenvalue weighted by molar-refractivity contribution is 0.620. The molecule has 6 heteroatoms. The second-order valence-electron chi connectivity index (χ2n) is 14.0. The molecule has 4 aromatic heterocycles. The van der Waals surface area contributed by atoms with Gasteiger partial charge in [-0.1, -0.05) is 84.9 Å². The van der Waals surface area contributed by atoms with Crippen LogP contribution in [0.2, 0.25) is 0 Å². The number of nitrogens with zero attached hydrogens (tertiary/aromatic N) is 3. The molecule has 0 saturated heterocycles. The van der Waals surface area contributed by atoms with Crippen LogP contribution in [0.4, 0.5) is 17.1 Å². The summed E-state index contributed by atoms with van der Waals surface area (Å²) in [6, 6.07) is 62.2. The number of para-hydroxylation sites is 2. The fraction of sp³-hybridized carbons (Fsp3) is 0. The quantitative estimate of drug-likeness (QED) is 0.177. The summed E-state index contributed by atoms with van der Waals surface area (Å²) in [6.07, 6.45) is 0. The van der Waals surface area contributed by atoms with Crippen molar-refractivity contribution in [3.05, 3.63) is 176 Å². The second-order valence-corrected chi connectivity index (χ2v) is 15.1. The van der Waals surface area contributed by atoms with Gasteiger partial charge in [-0.3, -0.25) is 0 Å². The number of fused-ring (bicyclic) bond motifs is 10. The average Bonchev–Trinajstić information content (AvgIpc) is 4.00. The molecule has 0 fully saturated rings. The Morgan fingerprint density at radius 3 is 1.96 bits per heavy atom. The van der Waals surface area contributed by atoms with E-state index in [1.54, 1.807) is 0 Å². The molecule has 12 aromatic rings. The highest BCUT2D eigenvalue weighted by Crippen LogP contribution is 2.44. The van der Waals surface area contributed by atoms with E-state index >= 15 is 0 Å². The number of thiophene rings is 1. The zero-order valence-corrected chi connectivity index (χ0v) is 30.1. The molecule has 0 N–H and O–H groups in total. The first-order chi connectivity index (χ1) is 27.2. The fourth-order valence-corrected chi connectivity index (χ4v) is 9.42. The molecule has 0 aliphatic heterocycles. The number of furan rings is 1. The monoisotopic (exact) mass is 723 g/mol. The smallest absolute Gasteiger partial charge is 0.227 e. The zero-order chi connectivity index (χ0) is 36.0. The average molecular weight is 724 g/mol. The maximum atomic E-state index is 6.47. The fourth-order valence-electron chi connectivity index (χ4n) is 8.28. The molecule has 8 aromatic carbocycles. The van der Waals surface area contributed by atoms with Crippen molar-refractivity contribution in [3.63, 3.8) is 0 Å². The van der Waals surface area contributed by atoms with E-state index in [4.69, 9.17) is 13.8 Å². The molecular formula is C49H29N3O2S. The van der Waals surface area contributed by atoms with Gasteiger partial charge in [-0.05, 0) is 84.9 Å². The molecule has 5 nitrogen and oxygen atoms in total. The SMILES string of the molecule is c1ccc(-c2nc3cc4oc5ccc(N(c6ccc7c(c6)sc6ccccc67)c6ccc7c8ccccc8n(-c8ccccc8)c7c6)cc5c4cc3o2)cc1. The maximum absolute atomic E-state index is 6.47. The molecule has 55 heavy (non-hydrogen) atoms. The zero-order valence-electron chi connectivity index (χ0n) is 29.3. The molecule has 258 valence electrons. The Kier molecular flexibility index (Phi) is 6.44. The molecule has 4 heterocycles. The van der Waals surface area contributed by atoms with Gasteiger partial charge in [0.25, 0.3) is 0 Å². The number of aromatic nitrogens is 2. The maximum Gasteiger partial charge on any atom is 0.227 e. The van der Waals surface area contributed by atoms with E-state index in [0.717, 1.165) is 66.9 Å². The van der Waals surface area contributed by atoms with Gasteiger partial charge in [0.05, 0.1) is 11.0 Å². The molecule has 0 radical (unpaired) electrons. The minimum Gasteiger partial charge on any atom is -0.456 e. The third-order valence-corrected chi connectivity index (χ3v) is 11.9. The summed E-state index contributed by atoms with van der Waals surface area (Å²) in [7, 11) is 0. The van der Waals surface area contributed by atoms with Gasteiger partial charge in [0, 0.05) is 76.1 Å². The van der Waals surface area contributed by atoms with E-state index in [-0.39, 0.29) is 0 Å². The van der Waals surface area contributed by atoms with Crippen molar-refractivity contribution < 1.29 is 8.83 Å². The summed E-state index contributed by atoms with van der Waals surface area (Å²) in [5.41, 5.74) is 10.7. The van der Waals surface area contributed by atoms with Crippen LogP contribution in [0.15, 0.2) is 185 Å². The highest BCUT2D eigenvalue weighted by atomic mass is 32.1. The van der Waals surface area contributed by atoms with Crippen molar-refractivity contribution in [2.45, 2.75) is 0 Å². The standard InChI is InChI=1S/C49H29N3O2S/c1-3-11-30(12-4-1)49-50-41-29-45-40(28-46(41)54-49)39-25-32(21-24-44(39)53-45)51(34-20-23-38-37-16-8-10-18-47(37)55-48(38)27-34)33-19-22-36-35-15-7-9-17-42(35)52(43(36)26-33)31-13-5-2-6-14-31/h1-29H. The Hall–Kier alpha value is -7.15. The lowest BCUT2D eigenvalue weighted by Crippen LogP contribution is -2.10. The van der Waals surface area contributed by atoms with Gasteiger partial charge in [-0.15, -0.1) is 11.3 Å². The van der Waals surface area contributed by atoms with Crippen molar-refractivity contribution in [1.29, 1.82) is 0 Å². The first kappa shape index (κ1) is 30.3. The number of rotatable bonds is 5. The van der Waals surface area contributed by atoms with Gasteiger partial charge in [-0.2, -0.15) is 0 Å². The van der Waals surface area contributed by atoms with E-state index in [2.05, 4.69) is 149 Å².